The lowest BCUT2D eigenvalue weighted by molar-refractivity contribution is 0.0741. The molecule has 1 aliphatic rings. The summed E-state index contributed by atoms with van der Waals surface area (Å²) in [5.74, 6) is 0.915. The molecule has 0 radical (unpaired) electrons. The van der Waals surface area contributed by atoms with E-state index < -0.39 is 12.2 Å². The van der Waals surface area contributed by atoms with E-state index in [2.05, 4.69) is 20.4 Å². The van der Waals surface area contributed by atoms with Crippen LogP contribution >= 0.6 is 0 Å². The number of hydrogen-bond acceptors (Lipinski definition) is 7. The van der Waals surface area contributed by atoms with Crippen molar-refractivity contribution in [3.05, 3.63) is 71.8 Å². The smallest absolute Gasteiger partial charge is 0.431 e. The van der Waals surface area contributed by atoms with Crippen LogP contribution in [0.5, 0.6) is 11.5 Å². The number of amides is 2. The number of aromatic nitrogens is 2. The van der Waals surface area contributed by atoms with Crippen LogP contribution in [0.2, 0.25) is 0 Å². The van der Waals surface area contributed by atoms with Crippen LogP contribution in [0.4, 0.5) is 10.5 Å². The summed E-state index contributed by atoms with van der Waals surface area (Å²) in [5.41, 5.74) is 3.48. The molecule has 3 aromatic rings. The fourth-order valence-electron chi connectivity index (χ4n) is 3.70. The molecule has 1 aliphatic heterocycles. The second-order valence-electron chi connectivity index (χ2n) is 7.83. The van der Waals surface area contributed by atoms with E-state index in [0.717, 1.165) is 11.1 Å². The summed E-state index contributed by atoms with van der Waals surface area (Å²) >= 11 is 0. The predicted molar refractivity (Wildman–Crippen MR) is 130 cm³/mol. The summed E-state index contributed by atoms with van der Waals surface area (Å²) in [6.07, 6.45) is 3.13. The molecule has 0 saturated carbocycles. The van der Waals surface area contributed by atoms with Crippen LogP contribution in [0.25, 0.3) is 0 Å². The number of nitrogens with zero attached hydrogens (tertiary/aromatic N) is 3. The average Bonchev–Trinajstić information content (AvgIpc) is 3.43. The summed E-state index contributed by atoms with van der Waals surface area (Å²) in [6, 6.07) is 12.9. The van der Waals surface area contributed by atoms with E-state index in [1.807, 2.05) is 43.3 Å². The lowest BCUT2D eigenvalue weighted by Gasteiger charge is -2.29. The molecule has 2 N–H and O–H groups in total. The number of cyclic esters (lactones) is 1. The molecule has 2 aromatic carbocycles. The Bertz CT molecular complexity index is 1210. The minimum atomic E-state index is -0.482. The van der Waals surface area contributed by atoms with Crippen molar-refractivity contribution in [3.8, 4) is 11.5 Å². The molecule has 0 fully saturated rings. The molecule has 0 saturated heterocycles. The third-order valence-electron chi connectivity index (χ3n) is 5.60. The minimum Gasteiger partial charge on any atom is -0.493 e. The summed E-state index contributed by atoms with van der Waals surface area (Å²) in [6.45, 7) is 2.28. The van der Waals surface area contributed by atoms with Crippen LogP contribution in [-0.4, -0.2) is 59.6 Å². The number of H-pyrrole nitrogens is 1. The Labute approximate surface area is 202 Å². The first-order valence-electron chi connectivity index (χ1n) is 11.2. The van der Waals surface area contributed by atoms with Gasteiger partial charge in [0.05, 0.1) is 33.3 Å². The van der Waals surface area contributed by atoms with Gasteiger partial charge in [-0.25, -0.2) is 9.78 Å². The van der Waals surface area contributed by atoms with Crippen LogP contribution in [0, 0.1) is 0 Å². The zero-order valence-corrected chi connectivity index (χ0v) is 19.8. The zero-order valence-electron chi connectivity index (χ0n) is 19.8. The number of methoxy groups -OCH3 is 2. The van der Waals surface area contributed by atoms with E-state index in [0.29, 0.717) is 48.0 Å². The number of carbonyl (C=O) groups excluding carboxylic acids is 2. The summed E-state index contributed by atoms with van der Waals surface area (Å²) in [7, 11) is 3.15. The Balaban J connectivity index is 1.45. The summed E-state index contributed by atoms with van der Waals surface area (Å²) in [5, 5.41) is 8.77. The van der Waals surface area contributed by atoms with Gasteiger partial charge in [0.25, 0.3) is 5.91 Å². The SMILES string of the molecule is CCC1OC(=O)N(CCc2ccc(NC(=O)c3cnc[nH]3)cc2)N=C1c1ccc(OC)c(OC)c1. The molecule has 0 aliphatic carbocycles. The Kier molecular flexibility index (Phi) is 7.30. The summed E-state index contributed by atoms with van der Waals surface area (Å²) < 4.78 is 16.4. The molecule has 10 heteroatoms. The van der Waals surface area contributed by atoms with Crippen molar-refractivity contribution in [2.45, 2.75) is 25.9 Å². The second-order valence-corrected chi connectivity index (χ2v) is 7.83. The number of ether oxygens (including phenoxy) is 3. The highest BCUT2D eigenvalue weighted by Crippen LogP contribution is 2.30. The van der Waals surface area contributed by atoms with Gasteiger partial charge >= 0.3 is 6.09 Å². The molecule has 2 amide bonds. The van der Waals surface area contributed by atoms with Gasteiger partial charge in [-0.15, -0.1) is 0 Å². The molecule has 0 spiro atoms. The minimum absolute atomic E-state index is 0.270. The maximum atomic E-state index is 12.6. The maximum Gasteiger partial charge on any atom is 0.431 e. The lowest BCUT2D eigenvalue weighted by atomic mass is 10.0. The van der Waals surface area contributed by atoms with Crippen molar-refractivity contribution in [2.75, 3.05) is 26.1 Å². The van der Waals surface area contributed by atoms with Gasteiger partial charge < -0.3 is 24.5 Å². The Hall–Kier alpha value is -4.34. The zero-order chi connectivity index (χ0) is 24.8. The fraction of sp³-hybridized carbons (Fsp3) is 0.280. The molecule has 1 aromatic heterocycles. The quantitative estimate of drug-likeness (QED) is 0.483. The third kappa shape index (κ3) is 5.43. The fourth-order valence-corrected chi connectivity index (χ4v) is 3.70. The highest BCUT2D eigenvalue weighted by molar-refractivity contribution is 6.06. The Morgan fingerprint density at radius 2 is 1.91 bits per heavy atom. The van der Waals surface area contributed by atoms with Crippen molar-refractivity contribution >= 4 is 23.4 Å². The monoisotopic (exact) mass is 477 g/mol. The molecule has 182 valence electrons. The first kappa shape index (κ1) is 23.8. The van der Waals surface area contributed by atoms with Gasteiger partial charge in [0, 0.05) is 11.3 Å². The normalized spacial score (nSPS) is 15.3. The molecule has 4 rings (SSSR count). The van der Waals surface area contributed by atoms with Gasteiger partial charge in [-0.1, -0.05) is 19.1 Å². The van der Waals surface area contributed by atoms with Gasteiger partial charge in [0.15, 0.2) is 11.5 Å². The molecule has 0 bridgehead atoms. The number of hydrazone groups is 1. The first-order chi connectivity index (χ1) is 17.0. The van der Waals surface area contributed by atoms with E-state index >= 15 is 0 Å². The standard InChI is InChI=1S/C25H27N5O5/c1-4-20-23(17-7-10-21(33-2)22(13-17)34-3)29-30(25(32)35-20)12-11-16-5-8-18(9-6-16)28-24(31)19-14-26-15-27-19/h5-10,13-15,20H,4,11-12H2,1-3H3,(H,26,27)(H,28,31). The van der Waals surface area contributed by atoms with E-state index in [1.54, 1.807) is 20.3 Å². The van der Waals surface area contributed by atoms with Gasteiger partial charge in [0.1, 0.15) is 17.5 Å². The average molecular weight is 478 g/mol. The maximum absolute atomic E-state index is 12.6. The van der Waals surface area contributed by atoms with Gasteiger partial charge in [0.2, 0.25) is 0 Å². The number of anilines is 1. The number of rotatable bonds is 9. The lowest BCUT2D eigenvalue weighted by Crippen LogP contribution is -2.42. The molecule has 1 unspecified atom stereocenters. The van der Waals surface area contributed by atoms with Crippen molar-refractivity contribution in [3.63, 3.8) is 0 Å². The molecule has 2 heterocycles. The van der Waals surface area contributed by atoms with Crippen molar-refractivity contribution < 1.29 is 23.8 Å². The van der Waals surface area contributed by atoms with E-state index in [9.17, 15) is 9.59 Å². The number of benzene rings is 2. The first-order valence-corrected chi connectivity index (χ1v) is 11.2. The van der Waals surface area contributed by atoms with E-state index in [-0.39, 0.29) is 5.91 Å². The number of carbonyl (C=O) groups is 2. The summed E-state index contributed by atoms with van der Waals surface area (Å²) in [4.78, 5) is 31.3. The van der Waals surface area contributed by atoms with E-state index in [4.69, 9.17) is 14.2 Å². The topological polar surface area (TPSA) is 118 Å². The van der Waals surface area contributed by atoms with Crippen molar-refractivity contribution in [2.24, 2.45) is 5.10 Å². The van der Waals surface area contributed by atoms with Crippen LogP contribution in [0.3, 0.4) is 0 Å². The molecule has 35 heavy (non-hydrogen) atoms. The highest BCUT2D eigenvalue weighted by Gasteiger charge is 2.31. The van der Waals surface area contributed by atoms with Crippen LogP contribution in [0.15, 0.2) is 60.1 Å². The second kappa shape index (κ2) is 10.7. The Morgan fingerprint density at radius 1 is 1.14 bits per heavy atom. The van der Waals surface area contributed by atoms with Crippen LogP contribution in [-0.2, 0) is 11.2 Å². The molecule has 1 atom stereocenters. The Morgan fingerprint density at radius 3 is 2.57 bits per heavy atom. The van der Waals surface area contributed by atoms with Crippen LogP contribution in [0.1, 0.15) is 35.0 Å². The van der Waals surface area contributed by atoms with Crippen molar-refractivity contribution in [1.82, 2.24) is 15.0 Å². The molecule has 10 nitrogen and oxygen atoms in total. The number of hydrogen-bond donors (Lipinski definition) is 2. The van der Waals surface area contributed by atoms with Crippen LogP contribution < -0.4 is 14.8 Å². The highest BCUT2D eigenvalue weighted by atomic mass is 16.6. The van der Waals surface area contributed by atoms with Gasteiger partial charge in [-0.3, -0.25) is 4.79 Å². The number of aromatic amines is 1. The molecular formula is C25H27N5O5. The predicted octanol–water partition coefficient (Wildman–Crippen LogP) is 3.86. The largest absolute Gasteiger partial charge is 0.493 e. The number of imidazole rings is 1. The molecular weight excluding hydrogens is 450 g/mol. The van der Waals surface area contributed by atoms with Gasteiger partial charge in [-0.05, 0) is 48.7 Å². The third-order valence-corrected chi connectivity index (χ3v) is 5.60. The van der Waals surface area contributed by atoms with Gasteiger partial charge in [-0.2, -0.15) is 10.1 Å². The van der Waals surface area contributed by atoms with E-state index in [1.165, 1.54) is 17.5 Å². The number of nitrogens with one attached hydrogen (secondary N) is 2. The van der Waals surface area contributed by atoms with Crippen molar-refractivity contribution in [1.29, 1.82) is 0 Å².